The molecule has 10 heteroatoms. The number of carbonyl (C=O) groups is 1. The van der Waals surface area contributed by atoms with Crippen LogP contribution in [0.25, 0.3) is 27.0 Å². The van der Waals surface area contributed by atoms with Crippen LogP contribution >= 0.6 is 11.3 Å². The van der Waals surface area contributed by atoms with Gasteiger partial charge in [-0.3, -0.25) is 15.2 Å². The number of rotatable bonds is 6. The zero-order chi connectivity index (χ0) is 26.8. The van der Waals surface area contributed by atoms with Gasteiger partial charge in [-0.15, -0.1) is 11.3 Å². The molecule has 0 radical (unpaired) electrons. The lowest BCUT2D eigenvalue weighted by molar-refractivity contribution is 0.0967. The lowest BCUT2D eigenvalue weighted by Gasteiger charge is -2.10. The van der Waals surface area contributed by atoms with E-state index in [1.807, 2.05) is 41.8 Å². The molecule has 6 N–H and O–H groups in total. The zero-order valence-corrected chi connectivity index (χ0v) is 21.3. The van der Waals surface area contributed by atoms with Crippen molar-refractivity contribution >= 4 is 45.2 Å². The molecule has 0 fully saturated rings. The molecule has 39 heavy (non-hydrogen) atoms. The number of hydrogen-bond donors (Lipinski definition) is 5. The van der Waals surface area contributed by atoms with E-state index in [0.29, 0.717) is 39.7 Å². The van der Waals surface area contributed by atoms with Crippen LogP contribution in [0.2, 0.25) is 0 Å². The number of imidazole rings is 1. The minimum atomic E-state index is -0.221. The Morgan fingerprint density at radius 3 is 2.72 bits per heavy atom. The van der Waals surface area contributed by atoms with Gasteiger partial charge in [-0.2, -0.15) is 0 Å². The Kier molecular flexibility index (Phi) is 6.28. The topological polar surface area (TPSA) is 145 Å². The van der Waals surface area contributed by atoms with Gasteiger partial charge < -0.3 is 21.4 Å². The highest BCUT2D eigenvalue weighted by Crippen LogP contribution is 2.30. The molecule has 0 bridgehead atoms. The van der Waals surface area contributed by atoms with Crippen molar-refractivity contribution in [2.45, 2.75) is 0 Å². The van der Waals surface area contributed by atoms with Crippen LogP contribution in [0.1, 0.15) is 27.6 Å². The average molecular weight is 531 g/mol. The predicted molar refractivity (Wildman–Crippen MR) is 154 cm³/mol. The lowest BCUT2D eigenvalue weighted by atomic mass is 10.1. The third-order valence-electron chi connectivity index (χ3n) is 6.08. The van der Waals surface area contributed by atoms with E-state index in [4.69, 9.17) is 21.1 Å². The first kappa shape index (κ1) is 24.0. The molecule has 5 heterocycles. The summed E-state index contributed by atoms with van der Waals surface area (Å²) >= 11 is 1.60. The van der Waals surface area contributed by atoms with Crippen LogP contribution in [-0.2, 0) is 0 Å². The van der Waals surface area contributed by atoms with Crippen LogP contribution in [0.5, 0.6) is 0 Å². The quantitative estimate of drug-likeness (QED) is 0.198. The van der Waals surface area contributed by atoms with Gasteiger partial charge in [0.15, 0.2) is 5.82 Å². The fourth-order valence-electron chi connectivity index (χ4n) is 4.16. The number of aromatic nitrogens is 4. The van der Waals surface area contributed by atoms with Crippen LogP contribution in [0.15, 0.2) is 103 Å². The van der Waals surface area contributed by atoms with Crippen molar-refractivity contribution in [1.82, 2.24) is 30.6 Å². The molecule has 5 aromatic rings. The van der Waals surface area contributed by atoms with E-state index in [-0.39, 0.29) is 11.6 Å². The van der Waals surface area contributed by atoms with Crippen LogP contribution < -0.4 is 16.4 Å². The molecule has 4 aromatic heterocycles. The van der Waals surface area contributed by atoms with E-state index in [1.54, 1.807) is 66.5 Å². The maximum absolute atomic E-state index is 12.7. The van der Waals surface area contributed by atoms with E-state index in [2.05, 4.69) is 20.6 Å². The minimum Gasteiger partial charge on any atom is -0.397 e. The Labute approximate surface area is 227 Å². The number of anilines is 1. The van der Waals surface area contributed by atoms with Crippen molar-refractivity contribution in [3.63, 3.8) is 0 Å². The number of allylic oxidation sites excluding steroid dienone is 3. The highest BCUT2D eigenvalue weighted by molar-refractivity contribution is 7.13. The number of thiophene rings is 1. The Morgan fingerprint density at radius 1 is 1.03 bits per heavy atom. The van der Waals surface area contributed by atoms with Crippen LogP contribution in [-0.4, -0.2) is 31.6 Å². The third-order valence-corrected chi connectivity index (χ3v) is 6.98. The number of nitrogens with two attached hydrogens (primary N) is 1. The number of aromatic amines is 1. The van der Waals surface area contributed by atoms with Gasteiger partial charge in [0.1, 0.15) is 16.9 Å². The second kappa shape index (κ2) is 10.2. The standard InChI is InChI=1S/C29H22N8OS/c30-21-8-9-22(18-13-19(10-11-32-14-18)34-29(38)17-5-2-1-3-6-17)35-27(21)25(31)28-36-23-16-33-15-20(26(23)37-28)24-7-4-12-39-24/h1-16,31-32H,30H2,(H,34,38)(H,36,37). The Balaban J connectivity index is 1.31. The highest BCUT2D eigenvalue weighted by Gasteiger charge is 2.19. The van der Waals surface area contributed by atoms with Crippen molar-refractivity contribution in [3.8, 4) is 10.4 Å². The second-order valence-electron chi connectivity index (χ2n) is 8.67. The third kappa shape index (κ3) is 4.83. The number of nitrogen functional groups attached to an aromatic ring is 1. The molecule has 9 nitrogen and oxygen atoms in total. The van der Waals surface area contributed by atoms with Gasteiger partial charge in [0.2, 0.25) is 0 Å². The van der Waals surface area contributed by atoms with Gasteiger partial charge in [-0.05, 0) is 47.9 Å². The molecular formula is C29H22N8OS. The first-order valence-electron chi connectivity index (χ1n) is 12.0. The number of nitrogens with one attached hydrogen (secondary N) is 4. The second-order valence-corrected chi connectivity index (χ2v) is 9.62. The van der Waals surface area contributed by atoms with E-state index in [9.17, 15) is 4.79 Å². The summed E-state index contributed by atoms with van der Waals surface area (Å²) in [5, 5.41) is 16.9. The van der Waals surface area contributed by atoms with Crippen LogP contribution in [0.3, 0.4) is 0 Å². The molecular weight excluding hydrogens is 508 g/mol. The molecule has 0 saturated carbocycles. The number of nitrogens with zero attached hydrogens (tertiary/aromatic N) is 3. The largest absolute Gasteiger partial charge is 0.397 e. The van der Waals surface area contributed by atoms with Gasteiger partial charge in [0.25, 0.3) is 5.91 Å². The molecule has 0 atom stereocenters. The van der Waals surface area contributed by atoms with Gasteiger partial charge in [-0.25, -0.2) is 9.97 Å². The summed E-state index contributed by atoms with van der Waals surface area (Å²) < 4.78 is 0. The number of benzene rings is 1. The number of H-pyrrole nitrogens is 1. The first-order chi connectivity index (χ1) is 19.1. The molecule has 1 aromatic carbocycles. The van der Waals surface area contributed by atoms with Crippen molar-refractivity contribution < 1.29 is 4.79 Å². The number of fused-ring (bicyclic) bond motifs is 1. The molecule has 0 unspecified atom stereocenters. The Morgan fingerprint density at radius 2 is 1.90 bits per heavy atom. The lowest BCUT2D eigenvalue weighted by Crippen LogP contribution is -2.21. The van der Waals surface area contributed by atoms with E-state index < -0.39 is 0 Å². The molecule has 190 valence electrons. The Bertz CT molecular complexity index is 1800. The van der Waals surface area contributed by atoms with Gasteiger partial charge in [-0.1, -0.05) is 24.3 Å². The summed E-state index contributed by atoms with van der Waals surface area (Å²) in [7, 11) is 0. The van der Waals surface area contributed by atoms with Crippen LogP contribution in [0, 0.1) is 5.41 Å². The fraction of sp³-hybridized carbons (Fsp3) is 0. The van der Waals surface area contributed by atoms with Gasteiger partial charge >= 0.3 is 0 Å². The minimum absolute atomic E-state index is 0.0598. The molecule has 0 aliphatic carbocycles. The molecule has 0 saturated heterocycles. The number of amides is 1. The summed E-state index contributed by atoms with van der Waals surface area (Å²) in [5.74, 6) is 0.120. The maximum Gasteiger partial charge on any atom is 0.255 e. The average Bonchev–Trinajstić information content (AvgIpc) is 3.60. The van der Waals surface area contributed by atoms with E-state index >= 15 is 0 Å². The first-order valence-corrected chi connectivity index (χ1v) is 12.9. The number of hydrogen-bond acceptors (Lipinski definition) is 8. The summed E-state index contributed by atoms with van der Waals surface area (Å²) in [6.45, 7) is 0. The van der Waals surface area contributed by atoms with Crippen molar-refractivity contribution in [1.29, 1.82) is 5.41 Å². The summed E-state index contributed by atoms with van der Waals surface area (Å²) in [6, 6.07) is 16.5. The predicted octanol–water partition coefficient (Wildman–Crippen LogP) is 4.85. The zero-order valence-electron chi connectivity index (χ0n) is 20.5. The number of carbonyl (C=O) groups excluding carboxylic acids is 1. The van der Waals surface area contributed by atoms with Gasteiger partial charge in [0, 0.05) is 45.9 Å². The summed E-state index contributed by atoms with van der Waals surface area (Å²) in [4.78, 5) is 30.7. The van der Waals surface area contributed by atoms with Crippen molar-refractivity contribution in [2.24, 2.45) is 0 Å². The van der Waals surface area contributed by atoms with Crippen molar-refractivity contribution in [3.05, 3.63) is 125 Å². The molecule has 1 amide bonds. The SMILES string of the molecule is N=C(c1nc2c(-c3cccs3)cncc2[nH]1)c1nc(C2=CNC=CC(NC(=O)c3ccccc3)=C2)ccc1N. The number of pyridine rings is 2. The van der Waals surface area contributed by atoms with Crippen LogP contribution in [0.4, 0.5) is 5.69 Å². The van der Waals surface area contributed by atoms with Gasteiger partial charge in [0.05, 0.1) is 23.1 Å². The van der Waals surface area contributed by atoms with E-state index in [0.717, 1.165) is 21.5 Å². The Hall–Kier alpha value is -5.35. The molecule has 6 rings (SSSR count). The smallest absolute Gasteiger partial charge is 0.255 e. The summed E-state index contributed by atoms with van der Waals surface area (Å²) in [6.07, 6.45) is 10.5. The molecule has 1 aliphatic heterocycles. The van der Waals surface area contributed by atoms with Crippen molar-refractivity contribution in [2.75, 3.05) is 5.73 Å². The molecule has 1 aliphatic rings. The monoisotopic (exact) mass is 530 g/mol. The maximum atomic E-state index is 12.7. The summed E-state index contributed by atoms with van der Waals surface area (Å²) in [5.41, 5.74) is 11.7. The highest BCUT2D eigenvalue weighted by atomic mass is 32.1. The van der Waals surface area contributed by atoms with E-state index in [1.165, 1.54) is 0 Å². The fourth-order valence-corrected chi connectivity index (χ4v) is 4.90. The normalized spacial score (nSPS) is 12.8. The molecule has 0 spiro atoms.